The molecule has 1 saturated heterocycles. The molecule has 1 rings (SSSR count). The SMILES string of the molecule is CC1(C)OC[C@H]([C@@H](O)C(F)(F)C(=O)O)O1. The van der Waals surface area contributed by atoms with Gasteiger partial charge in [-0.3, -0.25) is 0 Å². The minimum Gasteiger partial charge on any atom is -0.477 e. The molecule has 0 aromatic carbocycles. The molecule has 0 spiro atoms. The Kier molecular flexibility index (Phi) is 2.99. The lowest BCUT2D eigenvalue weighted by molar-refractivity contribution is -0.206. The Bertz CT molecular complexity index is 266. The highest BCUT2D eigenvalue weighted by atomic mass is 19.3. The largest absolute Gasteiger partial charge is 0.477 e. The molecule has 0 aliphatic carbocycles. The van der Waals surface area contributed by atoms with Crippen molar-refractivity contribution in [3.8, 4) is 0 Å². The van der Waals surface area contributed by atoms with E-state index in [-0.39, 0.29) is 6.61 Å². The van der Waals surface area contributed by atoms with Gasteiger partial charge in [0.2, 0.25) is 0 Å². The van der Waals surface area contributed by atoms with E-state index in [9.17, 15) is 13.6 Å². The Morgan fingerprint density at radius 1 is 1.60 bits per heavy atom. The van der Waals surface area contributed by atoms with E-state index in [4.69, 9.17) is 19.7 Å². The first-order chi connectivity index (χ1) is 6.67. The van der Waals surface area contributed by atoms with Crippen molar-refractivity contribution >= 4 is 5.97 Å². The second-order valence-corrected chi connectivity index (χ2v) is 3.74. The summed E-state index contributed by atoms with van der Waals surface area (Å²) in [7, 11) is 0. The maximum Gasteiger partial charge on any atom is 0.377 e. The van der Waals surface area contributed by atoms with Gasteiger partial charge in [0.1, 0.15) is 6.10 Å². The van der Waals surface area contributed by atoms with E-state index in [1.54, 1.807) is 0 Å². The average molecular weight is 226 g/mol. The van der Waals surface area contributed by atoms with E-state index in [1.807, 2.05) is 0 Å². The van der Waals surface area contributed by atoms with E-state index < -0.39 is 29.9 Å². The van der Waals surface area contributed by atoms with Gasteiger partial charge in [0, 0.05) is 0 Å². The highest BCUT2D eigenvalue weighted by Crippen LogP contribution is 2.30. The Balaban J connectivity index is 2.70. The van der Waals surface area contributed by atoms with Crippen molar-refractivity contribution in [1.29, 1.82) is 0 Å². The normalized spacial score (nSPS) is 27.7. The number of alkyl halides is 2. The highest BCUT2D eigenvalue weighted by Gasteiger charge is 2.53. The molecule has 1 aliphatic heterocycles. The zero-order valence-corrected chi connectivity index (χ0v) is 8.24. The van der Waals surface area contributed by atoms with Gasteiger partial charge in [-0.1, -0.05) is 0 Å². The van der Waals surface area contributed by atoms with Gasteiger partial charge in [-0.2, -0.15) is 8.78 Å². The van der Waals surface area contributed by atoms with Gasteiger partial charge in [-0.25, -0.2) is 4.79 Å². The molecule has 2 N–H and O–H groups in total. The summed E-state index contributed by atoms with van der Waals surface area (Å²) in [6.07, 6.45) is -3.76. The second-order valence-electron chi connectivity index (χ2n) is 3.74. The number of ether oxygens (including phenoxy) is 2. The predicted molar refractivity (Wildman–Crippen MR) is 43.5 cm³/mol. The van der Waals surface area contributed by atoms with E-state index in [0.717, 1.165) is 0 Å². The zero-order valence-electron chi connectivity index (χ0n) is 8.24. The minimum atomic E-state index is -4.24. The van der Waals surface area contributed by atoms with E-state index >= 15 is 0 Å². The molecule has 0 bridgehead atoms. The first-order valence-electron chi connectivity index (χ1n) is 4.28. The molecule has 1 fully saturated rings. The van der Waals surface area contributed by atoms with E-state index in [1.165, 1.54) is 13.8 Å². The number of halogens is 2. The molecule has 1 heterocycles. The Hall–Kier alpha value is -0.790. The number of hydrogen-bond acceptors (Lipinski definition) is 4. The zero-order chi connectivity index (χ0) is 11.9. The molecule has 0 aromatic rings. The number of carboxylic acids is 1. The molecule has 0 aromatic heterocycles. The van der Waals surface area contributed by atoms with Gasteiger partial charge in [-0.05, 0) is 13.8 Å². The lowest BCUT2D eigenvalue weighted by Crippen LogP contribution is -2.49. The molecule has 0 unspecified atom stereocenters. The van der Waals surface area contributed by atoms with Crippen molar-refractivity contribution in [3.05, 3.63) is 0 Å². The molecule has 0 saturated carbocycles. The van der Waals surface area contributed by atoms with Crippen LogP contribution in [0.15, 0.2) is 0 Å². The molecule has 7 heteroatoms. The van der Waals surface area contributed by atoms with E-state index in [2.05, 4.69) is 0 Å². The van der Waals surface area contributed by atoms with Gasteiger partial charge < -0.3 is 19.7 Å². The van der Waals surface area contributed by atoms with Gasteiger partial charge in [0.25, 0.3) is 0 Å². The third-order valence-electron chi connectivity index (χ3n) is 2.04. The van der Waals surface area contributed by atoms with Crippen LogP contribution in [0.2, 0.25) is 0 Å². The molecule has 2 atom stereocenters. The monoisotopic (exact) mass is 226 g/mol. The lowest BCUT2D eigenvalue weighted by Gasteiger charge is -2.24. The summed E-state index contributed by atoms with van der Waals surface area (Å²) in [6, 6.07) is 0. The number of aliphatic hydroxyl groups excluding tert-OH is 1. The van der Waals surface area contributed by atoms with E-state index in [0.29, 0.717) is 0 Å². The number of hydrogen-bond donors (Lipinski definition) is 2. The summed E-state index contributed by atoms with van der Waals surface area (Å²) in [4.78, 5) is 10.2. The Morgan fingerprint density at radius 3 is 2.47 bits per heavy atom. The van der Waals surface area contributed by atoms with Gasteiger partial charge in [0.15, 0.2) is 11.9 Å². The fourth-order valence-electron chi connectivity index (χ4n) is 1.23. The van der Waals surface area contributed by atoms with Crippen LogP contribution in [0.5, 0.6) is 0 Å². The number of rotatable bonds is 3. The van der Waals surface area contributed by atoms with Crippen molar-refractivity contribution in [2.75, 3.05) is 6.61 Å². The topological polar surface area (TPSA) is 76.0 Å². The van der Waals surface area contributed by atoms with Crippen LogP contribution < -0.4 is 0 Å². The van der Waals surface area contributed by atoms with Crippen LogP contribution in [-0.2, 0) is 14.3 Å². The third kappa shape index (κ3) is 2.42. The number of aliphatic carboxylic acids is 1. The van der Waals surface area contributed by atoms with Crippen molar-refractivity contribution in [1.82, 2.24) is 0 Å². The summed E-state index contributed by atoms with van der Waals surface area (Å²) >= 11 is 0. The minimum absolute atomic E-state index is 0.267. The molecule has 1 aliphatic rings. The quantitative estimate of drug-likeness (QED) is 0.719. The summed E-state index contributed by atoms with van der Waals surface area (Å²) in [6.45, 7) is 2.70. The van der Waals surface area contributed by atoms with Crippen LogP contribution in [0, 0.1) is 0 Å². The van der Waals surface area contributed by atoms with Crippen molar-refractivity contribution in [2.24, 2.45) is 0 Å². The maximum absolute atomic E-state index is 12.9. The highest BCUT2D eigenvalue weighted by molar-refractivity contribution is 5.76. The molecule has 0 amide bonds. The summed E-state index contributed by atoms with van der Waals surface area (Å²) in [5.41, 5.74) is 0. The van der Waals surface area contributed by atoms with Crippen LogP contribution >= 0.6 is 0 Å². The Morgan fingerprint density at radius 2 is 2.13 bits per heavy atom. The third-order valence-corrected chi connectivity index (χ3v) is 2.04. The van der Waals surface area contributed by atoms with Crippen LogP contribution in [0.1, 0.15) is 13.8 Å². The molecule has 15 heavy (non-hydrogen) atoms. The molecular formula is C8H12F2O5. The first-order valence-corrected chi connectivity index (χ1v) is 4.28. The average Bonchev–Trinajstić information content (AvgIpc) is 2.44. The van der Waals surface area contributed by atoms with Crippen molar-refractivity contribution in [3.63, 3.8) is 0 Å². The van der Waals surface area contributed by atoms with Crippen LogP contribution in [0.4, 0.5) is 8.78 Å². The van der Waals surface area contributed by atoms with Crippen molar-refractivity contribution in [2.45, 2.75) is 37.8 Å². The first kappa shape index (κ1) is 12.3. The smallest absolute Gasteiger partial charge is 0.377 e. The molecule has 5 nitrogen and oxygen atoms in total. The standard InChI is InChI=1S/C8H12F2O5/c1-7(2)14-3-4(15-7)5(11)8(9,10)6(12)13/h4-5,11H,3H2,1-2H3,(H,12,13)/t4-,5-/m1/s1. The fourth-order valence-corrected chi connectivity index (χ4v) is 1.23. The van der Waals surface area contributed by atoms with Crippen LogP contribution in [0.3, 0.4) is 0 Å². The molecule has 0 radical (unpaired) electrons. The lowest BCUT2D eigenvalue weighted by atomic mass is 10.1. The number of carbonyl (C=O) groups is 1. The van der Waals surface area contributed by atoms with Crippen LogP contribution in [0.25, 0.3) is 0 Å². The summed E-state index contributed by atoms with van der Waals surface area (Å²) < 4.78 is 35.6. The maximum atomic E-state index is 12.9. The number of carboxylic acid groups (broad SMARTS) is 1. The van der Waals surface area contributed by atoms with Crippen molar-refractivity contribution < 1.29 is 33.3 Å². The number of aliphatic hydroxyl groups is 1. The van der Waals surface area contributed by atoms with Gasteiger partial charge in [-0.15, -0.1) is 0 Å². The fraction of sp³-hybridized carbons (Fsp3) is 0.875. The van der Waals surface area contributed by atoms with Gasteiger partial charge in [0.05, 0.1) is 6.61 Å². The summed E-state index contributed by atoms with van der Waals surface area (Å²) in [5.74, 6) is -7.71. The molecular weight excluding hydrogens is 214 g/mol. The van der Waals surface area contributed by atoms with Gasteiger partial charge >= 0.3 is 11.9 Å². The molecule has 88 valence electrons. The predicted octanol–water partition coefficient (Wildman–Crippen LogP) is 0.219. The second kappa shape index (κ2) is 3.66. The van der Waals surface area contributed by atoms with Crippen LogP contribution in [-0.4, -0.2) is 46.7 Å². The summed E-state index contributed by atoms with van der Waals surface area (Å²) in [5, 5.41) is 17.3. The Labute approximate surface area is 84.6 Å².